The fourth-order valence-electron chi connectivity index (χ4n) is 0.888. The van der Waals surface area contributed by atoms with Crippen LogP contribution in [0, 0.1) is 0 Å². The maximum absolute atomic E-state index is 9.00. The molecule has 1 heterocycles. The van der Waals surface area contributed by atoms with Crippen molar-refractivity contribution >= 4 is 0 Å². The van der Waals surface area contributed by atoms with Gasteiger partial charge in [0.2, 0.25) is 0 Å². The van der Waals surface area contributed by atoms with Crippen molar-refractivity contribution in [2.24, 2.45) is 0 Å². The first-order valence-electron chi connectivity index (χ1n) is 3.32. The second kappa shape index (κ2) is 3.28. The number of aliphatic hydroxyl groups excluding tert-OH is 5. The smallest absolute Gasteiger partial charge is 0.189 e. The molecule has 70 valence electrons. The van der Waals surface area contributed by atoms with Gasteiger partial charge in [-0.1, -0.05) is 0 Å². The third-order valence-electron chi connectivity index (χ3n) is 1.59. The van der Waals surface area contributed by atoms with Gasteiger partial charge in [-0.25, -0.2) is 0 Å². The summed E-state index contributed by atoms with van der Waals surface area (Å²) in [5, 5.41) is 44.3. The summed E-state index contributed by atoms with van der Waals surface area (Å²) in [6.07, 6.45) is -4.46. The minimum Gasteiger partial charge on any atom is -0.506 e. The highest BCUT2D eigenvalue weighted by atomic mass is 16.6. The molecule has 1 aliphatic rings. The SMILES string of the molecule is OC[C@H]1O[C@@H](O)[C@@H](O)C(O)=C1O. The molecular formula is C6H10O6. The van der Waals surface area contributed by atoms with Crippen molar-refractivity contribution in [1.29, 1.82) is 0 Å². The summed E-state index contributed by atoms with van der Waals surface area (Å²) in [5.74, 6) is -1.43. The molecule has 12 heavy (non-hydrogen) atoms. The quantitative estimate of drug-likeness (QED) is 0.330. The van der Waals surface area contributed by atoms with Crippen LogP contribution in [0.4, 0.5) is 0 Å². The molecule has 0 unspecified atom stereocenters. The lowest BCUT2D eigenvalue weighted by Crippen LogP contribution is -2.42. The zero-order chi connectivity index (χ0) is 9.30. The van der Waals surface area contributed by atoms with E-state index in [2.05, 4.69) is 4.74 Å². The minimum absolute atomic E-state index is 0.584. The van der Waals surface area contributed by atoms with Crippen LogP contribution in [0.15, 0.2) is 11.5 Å². The summed E-state index contributed by atoms with van der Waals surface area (Å²) >= 11 is 0. The summed E-state index contributed by atoms with van der Waals surface area (Å²) in [4.78, 5) is 0. The van der Waals surface area contributed by atoms with Crippen LogP contribution in [0.2, 0.25) is 0 Å². The van der Waals surface area contributed by atoms with E-state index in [4.69, 9.17) is 25.5 Å². The first-order valence-corrected chi connectivity index (χ1v) is 3.32. The lowest BCUT2D eigenvalue weighted by molar-refractivity contribution is -0.205. The van der Waals surface area contributed by atoms with Crippen molar-refractivity contribution in [3.63, 3.8) is 0 Å². The van der Waals surface area contributed by atoms with E-state index in [0.29, 0.717) is 0 Å². The van der Waals surface area contributed by atoms with Crippen LogP contribution in [0.5, 0.6) is 0 Å². The average molecular weight is 178 g/mol. The summed E-state index contributed by atoms with van der Waals surface area (Å²) in [7, 11) is 0. The molecule has 6 nitrogen and oxygen atoms in total. The molecule has 0 aromatic heterocycles. The molecule has 1 aliphatic heterocycles. The van der Waals surface area contributed by atoms with Crippen LogP contribution in [-0.4, -0.2) is 50.6 Å². The largest absolute Gasteiger partial charge is 0.506 e. The molecule has 0 radical (unpaired) electrons. The fraction of sp³-hybridized carbons (Fsp3) is 0.667. The van der Waals surface area contributed by atoms with Crippen LogP contribution in [0.1, 0.15) is 0 Å². The Hall–Kier alpha value is -0.820. The molecule has 6 heteroatoms. The first kappa shape index (κ1) is 9.27. The van der Waals surface area contributed by atoms with E-state index in [9.17, 15) is 0 Å². The van der Waals surface area contributed by atoms with Crippen LogP contribution in [0.3, 0.4) is 0 Å². The predicted octanol–water partition coefficient (Wildman–Crippen LogP) is -1.62. The van der Waals surface area contributed by atoms with E-state index < -0.39 is 36.6 Å². The Morgan fingerprint density at radius 2 is 1.75 bits per heavy atom. The standard InChI is InChI=1S/C6H10O6/c7-1-2-3(8)4(9)5(10)6(11)12-2/h2,5-11H,1H2/t2-,5+,6-/m1/s1. The molecule has 0 amide bonds. The average Bonchev–Trinajstić information content (AvgIpc) is 2.08. The van der Waals surface area contributed by atoms with Gasteiger partial charge >= 0.3 is 0 Å². The number of hydrogen-bond acceptors (Lipinski definition) is 6. The Morgan fingerprint density at radius 3 is 2.25 bits per heavy atom. The van der Waals surface area contributed by atoms with E-state index in [1.165, 1.54) is 0 Å². The van der Waals surface area contributed by atoms with Gasteiger partial charge in [-0.05, 0) is 0 Å². The lowest BCUT2D eigenvalue weighted by atomic mass is 10.1. The van der Waals surface area contributed by atoms with Crippen molar-refractivity contribution in [2.75, 3.05) is 6.61 Å². The second-order valence-corrected chi connectivity index (χ2v) is 2.41. The fourth-order valence-corrected chi connectivity index (χ4v) is 0.888. The second-order valence-electron chi connectivity index (χ2n) is 2.41. The predicted molar refractivity (Wildman–Crippen MR) is 36.3 cm³/mol. The van der Waals surface area contributed by atoms with E-state index in [-0.39, 0.29) is 0 Å². The van der Waals surface area contributed by atoms with Gasteiger partial charge in [0.15, 0.2) is 23.9 Å². The molecule has 3 atom stereocenters. The number of rotatable bonds is 1. The molecular weight excluding hydrogens is 168 g/mol. The Labute approximate surface area is 68.0 Å². The topological polar surface area (TPSA) is 110 Å². The Kier molecular flexibility index (Phi) is 2.53. The molecule has 0 fully saturated rings. The third kappa shape index (κ3) is 1.37. The molecule has 0 bridgehead atoms. The summed E-state index contributed by atoms with van der Waals surface area (Å²) in [6.45, 7) is -0.584. The third-order valence-corrected chi connectivity index (χ3v) is 1.59. The highest BCUT2D eigenvalue weighted by Crippen LogP contribution is 2.21. The van der Waals surface area contributed by atoms with Gasteiger partial charge in [-0.3, -0.25) is 0 Å². The van der Waals surface area contributed by atoms with Crippen LogP contribution in [0.25, 0.3) is 0 Å². The maximum atomic E-state index is 9.00. The molecule has 0 saturated carbocycles. The summed E-state index contributed by atoms with van der Waals surface area (Å²) < 4.78 is 4.52. The molecule has 0 aromatic carbocycles. The van der Waals surface area contributed by atoms with Crippen LogP contribution < -0.4 is 0 Å². The molecule has 0 saturated heterocycles. The number of aliphatic hydroxyl groups is 5. The van der Waals surface area contributed by atoms with Gasteiger partial charge in [-0.15, -0.1) is 0 Å². The molecule has 5 N–H and O–H groups in total. The van der Waals surface area contributed by atoms with Crippen molar-refractivity contribution in [2.45, 2.75) is 18.5 Å². The van der Waals surface area contributed by atoms with Gasteiger partial charge < -0.3 is 30.3 Å². The van der Waals surface area contributed by atoms with Crippen molar-refractivity contribution in [3.8, 4) is 0 Å². The van der Waals surface area contributed by atoms with Gasteiger partial charge in [0, 0.05) is 0 Å². The van der Waals surface area contributed by atoms with E-state index in [0.717, 1.165) is 0 Å². The lowest BCUT2D eigenvalue weighted by Gasteiger charge is -2.28. The normalized spacial score (nSPS) is 37.1. The first-order chi connectivity index (χ1) is 5.57. The van der Waals surface area contributed by atoms with Gasteiger partial charge in [0.25, 0.3) is 0 Å². The number of ether oxygens (including phenoxy) is 1. The molecule has 1 rings (SSSR count). The van der Waals surface area contributed by atoms with Gasteiger partial charge in [0.1, 0.15) is 6.10 Å². The monoisotopic (exact) mass is 178 g/mol. The molecule has 0 spiro atoms. The van der Waals surface area contributed by atoms with Crippen molar-refractivity contribution in [3.05, 3.63) is 11.5 Å². The Balaban J connectivity index is 2.87. The van der Waals surface area contributed by atoms with E-state index >= 15 is 0 Å². The van der Waals surface area contributed by atoms with E-state index in [1.54, 1.807) is 0 Å². The van der Waals surface area contributed by atoms with Crippen molar-refractivity contribution in [1.82, 2.24) is 0 Å². The molecule has 0 aromatic rings. The number of hydrogen-bond donors (Lipinski definition) is 5. The maximum Gasteiger partial charge on any atom is 0.189 e. The molecule has 0 aliphatic carbocycles. The minimum atomic E-state index is -1.66. The Bertz CT molecular complexity index is 196. The van der Waals surface area contributed by atoms with Gasteiger partial charge in [0.05, 0.1) is 6.61 Å². The highest BCUT2D eigenvalue weighted by Gasteiger charge is 2.35. The zero-order valence-corrected chi connectivity index (χ0v) is 6.08. The van der Waals surface area contributed by atoms with Crippen molar-refractivity contribution < 1.29 is 30.3 Å². The summed E-state index contributed by atoms with van der Waals surface area (Å²) in [5.41, 5.74) is 0. The van der Waals surface area contributed by atoms with Crippen LogP contribution in [-0.2, 0) is 4.74 Å². The Morgan fingerprint density at radius 1 is 1.17 bits per heavy atom. The van der Waals surface area contributed by atoms with Crippen LogP contribution >= 0.6 is 0 Å². The zero-order valence-electron chi connectivity index (χ0n) is 6.08. The summed E-state index contributed by atoms with van der Waals surface area (Å²) in [6, 6.07) is 0. The van der Waals surface area contributed by atoms with E-state index in [1.807, 2.05) is 0 Å². The van der Waals surface area contributed by atoms with Gasteiger partial charge in [-0.2, -0.15) is 0 Å². The highest BCUT2D eigenvalue weighted by molar-refractivity contribution is 5.12.